The number of benzene rings is 1. The zero-order chi connectivity index (χ0) is 17.6. The highest BCUT2D eigenvalue weighted by Crippen LogP contribution is 2.31. The summed E-state index contributed by atoms with van der Waals surface area (Å²) in [5.41, 5.74) is 3.07. The van der Waals surface area contributed by atoms with Crippen LogP contribution < -0.4 is 5.32 Å². The van der Waals surface area contributed by atoms with Crippen LogP contribution in [0.2, 0.25) is 5.02 Å². The molecule has 0 bridgehead atoms. The molecule has 1 atom stereocenters. The number of nitrogens with one attached hydrogen (secondary N) is 1. The average molecular weight is 357 g/mol. The Hall–Kier alpha value is -2.14. The normalized spacial score (nSPS) is 20.8. The minimum Gasteiger partial charge on any atom is -0.351 e. The summed E-state index contributed by atoms with van der Waals surface area (Å²) in [6.45, 7) is 4.96. The molecule has 1 saturated heterocycles. The van der Waals surface area contributed by atoms with Crippen molar-refractivity contribution >= 4 is 23.5 Å². The largest absolute Gasteiger partial charge is 0.351 e. The average Bonchev–Trinajstić information content (AvgIpc) is 2.95. The van der Waals surface area contributed by atoms with Crippen molar-refractivity contribution in [2.24, 2.45) is 0 Å². The minimum atomic E-state index is -0.0646. The first kappa shape index (κ1) is 16.3. The third-order valence-electron chi connectivity index (χ3n) is 5.26. The highest BCUT2D eigenvalue weighted by Gasteiger charge is 2.39. The fourth-order valence-corrected chi connectivity index (χ4v) is 3.78. The molecule has 2 aliphatic rings. The van der Waals surface area contributed by atoms with Crippen LogP contribution in [0.4, 0.5) is 5.95 Å². The summed E-state index contributed by atoms with van der Waals surface area (Å²) in [5, 5.41) is 4.13. The van der Waals surface area contributed by atoms with Crippen LogP contribution in [0.1, 0.15) is 41.8 Å². The first-order valence-corrected chi connectivity index (χ1v) is 8.98. The van der Waals surface area contributed by atoms with Crippen LogP contribution in [0.25, 0.3) is 0 Å². The monoisotopic (exact) mass is 356 g/mol. The Balaban J connectivity index is 1.41. The molecule has 0 saturated carbocycles. The molecule has 1 fully saturated rings. The Morgan fingerprint density at radius 1 is 1.24 bits per heavy atom. The van der Waals surface area contributed by atoms with Crippen molar-refractivity contribution in [3.8, 4) is 0 Å². The van der Waals surface area contributed by atoms with Gasteiger partial charge in [-0.15, -0.1) is 0 Å². The van der Waals surface area contributed by atoms with Gasteiger partial charge in [-0.1, -0.05) is 17.7 Å². The topological polar surface area (TPSA) is 58.1 Å². The zero-order valence-electron chi connectivity index (χ0n) is 14.4. The number of nitrogens with zero attached hydrogens (tertiary/aromatic N) is 3. The predicted octanol–water partition coefficient (Wildman–Crippen LogP) is 3.33. The maximum absolute atomic E-state index is 12.5. The van der Waals surface area contributed by atoms with Crippen molar-refractivity contribution in [1.82, 2.24) is 14.9 Å². The quantitative estimate of drug-likeness (QED) is 0.916. The lowest BCUT2D eigenvalue weighted by atomic mass is 9.88. The van der Waals surface area contributed by atoms with Gasteiger partial charge in [-0.2, -0.15) is 0 Å². The lowest BCUT2D eigenvalue weighted by Gasteiger charge is -2.48. The van der Waals surface area contributed by atoms with Gasteiger partial charge in [-0.3, -0.25) is 4.79 Å². The smallest absolute Gasteiger partial charge is 0.257 e. The number of halogens is 1. The summed E-state index contributed by atoms with van der Waals surface area (Å²) in [6.07, 6.45) is 6.10. The van der Waals surface area contributed by atoms with E-state index in [0.717, 1.165) is 30.8 Å². The van der Waals surface area contributed by atoms with Gasteiger partial charge in [-0.25, -0.2) is 9.97 Å². The van der Waals surface area contributed by atoms with Gasteiger partial charge in [0.05, 0.1) is 5.56 Å². The summed E-state index contributed by atoms with van der Waals surface area (Å²) in [6, 6.07) is 6.29. The van der Waals surface area contributed by atoms with E-state index in [2.05, 4.69) is 35.2 Å². The zero-order valence-corrected chi connectivity index (χ0v) is 15.2. The first-order chi connectivity index (χ1) is 11.9. The van der Waals surface area contributed by atoms with Gasteiger partial charge < -0.3 is 10.2 Å². The fourth-order valence-electron chi connectivity index (χ4n) is 3.59. The van der Waals surface area contributed by atoms with Crippen molar-refractivity contribution in [2.75, 3.05) is 11.9 Å². The molecule has 1 unspecified atom stereocenters. The summed E-state index contributed by atoms with van der Waals surface area (Å²) in [7, 11) is 0. The molecule has 6 heteroatoms. The van der Waals surface area contributed by atoms with Crippen LogP contribution in [0, 0.1) is 0 Å². The van der Waals surface area contributed by atoms with Crippen LogP contribution in [0.5, 0.6) is 0 Å². The van der Waals surface area contributed by atoms with E-state index in [9.17, 15) is 4.79 Å². The summed E-state index contributed by atoms with van der Waals surface area (Å²) in [4.78, 5) is 23.0. The highest BCUT2D eigenvalue weighted by atomic mass is 35.5. The molecule has 2 heterocycles. The molecular weight excluding hydrogens is 336 g/mol. The molecule has 1 N–H and O–H groups in total. The van der Waals surface area contributed by atoms with E-state index in [1.165, 1.54) is 11.1 Å². The second-order valence-electron chi connectivity index (χ2n) is 7.48. The lowest BCUT2D eigenvalue weighted by Crippen LogP contribution is -2.58. The number of likely N-dealkylation sites (tertiary alicyclic amines) is 1. The molecule has 130 valence electrons. The Morgan fingerprint density at radius 3 is 2.60 bits per heavy atom. The van der Waals surface area contributed by atoms with Crippen molar-refractivity contribution in [3.05, 3.63) is 52.3 Å². The fraction of sp³-hybridized carbons (Fsp3) is 0.421. The standard InChI is InChI=1S/C19H21ClN4O/c1-19(2)5-6-24(19)17(25)14-10-21-18(22-11-14)23-16-8-12-3-4-15(20)7-13(12)9-16/h3-4,7,10-11,16H,5-6,8-9H2,1-2H3,(H,21,22,23). The van der Waals surface area contributed by atoms with Gasteiger partial charge >= 0.3 is 0 Å². The van der Waals surface area contributed by atoms with Crippen molar-refractivity contribution in [3.63, 3.8) is 0 Å². The number of fused-ring (bicyclic) bond motifs is 1. The Labute approximate surface area is 152 Å². The van der Waals surface area contributed by atoms with Crippen LogP contribution in [-0.4, -0.2) is 38.9 Å². The molecule has 0 radical (unpaired) electrons. The molecule has 1 aromatic carbocycles. The molecule has 0 spiro atoms. The Bertz CT molecular complexity index is 819. The van der Waals surface area contributed by atoms with Gasteiger partial charge in [-0.05, 0) is 56.4 Å². The second kappa shape index (κ2) is 5.99. The number of hydrogen-bond donors (Lipinski definition) is 1. The Kier molecular flexibility index (Phi) is 3.91. The molecule has 2 aromatic rings. The SMILES string of the molecule is CC1(C)CCN1C(=O)c1cnc(NC2Cc3ccc(Cl)cc3C2)nc1. The number of amides is 1. The molecule has 25 heavy (non-hydrogen) atoms. The number of aromatic nitrogens is 2. The molecule has 1 aromatic heterocycles. The number of carbonyl (C=O) groups excluding carboxylic acids is 1. The van der Waals surface area contributed by atoms with E-state index in [-0.39, 0.29) is 17.5 Å². The van der Waals surface area contributed by atoms with Crippen molar-refractivity contribution in [1.29, 1.82) is 0 Å². The van der Waals surface area contributed by atoms with E-state index in [0.29, 0.717) is 11.5 Å². The molecule has 5 nitrogen and oxygen atoms in total. The number of rotatable bonds is 3. The van der Waals surface area contributed by atoms with Crippen molar-refractivity contribution in [2.45, 2.75) is 44.7 Å². The molecule has 1 amide bonds. The molecular formula is C19H21ClN4O. The van der Waals surface area contributed by atoms with Crippen LogP contribution >= 0.6 is 11.6 Å². The van der Waals surface area contributed by atoms with E-state index >= 15 is 0 Å². The first-order valence-electron chi connectivity index (χ1n) is 8.60. The van der Waals surface area contributed by atoms with Gasteiger partial charge in [0.1, 0.15) is 0 Å². The molecule has 1 aliphatic carbocycles. The Morgan fingerprint density at radius 2 is 1.96 bits per heavy atom. The van der Waals surface area contributed by atoms with E-state index in [1.807, 2.05) is 17.0 Å². The third-order valence-corrected chi connectivity index (χ3v) is 5.49. The maximum atomic E-state index is 12.5. The molecule has 4 rings (SSSR count). The van der Waals surface area contributed by atoms with Gasteiger partial charge in [0.25, 0.3) is 5.91 Å². The summed E-state index contributed by atoms with van der Waals surface area (Å²) >= 11 is 6.06. The van der Waals surface area contributed by atoms with Gasteiger partial charge in [0.2, 0.25) is 5.95 Å². The number of hydrogen-bond acceptors (Lipinski definition) is 4. The van der Waals surface area contributed by atoms with Crippen LogP contribution in [0.3, 0.4) is 0 Å². The van der Waals surface area contributed by atoms with Crippen LogP contribution in [-0.2, 0) is 12.8 Å². The predicted molar refractivity (Wildman–Crippen MR) is 98.0 cm³/mol. The van der Waals surface area contributed by atoms with Gasteiger partial charge in [0, 0.05) is 35.5 Å². The minimum absolute atomic E-state index is 0.00529. The van der Waals surface area contributed by atoms with E-state index in [4.69, 9.17) is 11.6 Å². The van der Waals surface area contributed by atoms with Crippen LogP contribution in [0.15, 0.2) is 30.6 Å². The summed E-state index contributed by atoms with van der Waals surface area (Å²) < 4.78 is 0. The second-order valence-corrected chi connectivity index (χ2v) is 7.91. The van der Waals surface area contributed by atoms with E-state index < -0.39 is 0 Å². The van der Waals surface area contributed by atoms with E-state index in [1.54, 1.807) is 12.4 Å². The highest BCUT2D eigenvalue weighted by molar-refractivity contribution is 6.30. The van der Waals surface area contributed by atoms with Gasteiger partial charge in [0.15, 0.2) is 0 Å². The molecule has 1 aliphatic heterocycles. The number of anilines is 1. The van der Waals surface area contributed by atoms with Crippen molar-refractivity contribution < 1.29 is 4.79 Å². The lowest BCUT2D eigenvalue weighted by molar-refractivity contribution is 0.0157. The summed E-state index contributed by atoms with van der Waals surface area (Å²) in [5.74, 6) is 0.564. The number of carbonyl (C=O) groups is 1. The maximum Gasteiger partial charge on any atom is 0.257 e. The third kappa shape index (κ3) is 3.09.